The van der Waals surface area contributed by atoms with Crippen LogP contribution in [0, 0.1) is 12.0 Å². The quantitative estimate of drug-likeness (QED) is 0.353. The second-order valence-corrected chi connectivity index (χ2v) is 17.6. The van der Waals surface area contributed by atoms with Gasteiger partial charge in [-0.3, -0.25) is 12.2 Å². The molecule has 0 atom stereocenters. The maximum atomic E-state index is 3.31. The first-order chi connectivity index (χ1) is 9.03. The van der Waals surface area contributed by atoms with Crippen LogP contribution in [0.1, 0.15) is 0 Å². The molecule has 0 aliphatic carbocycles. The summed E-state index contributed by atoms with van der Waals surface area (Å²) in [6, 6.07) is 0. The maximum absolute atomic E-state index is 3.31. The summed E-state index contributed by atoms with van der Waals surface area (Å²) >= 11 is 0. The monoisotopic (exact) mass is 422 g/mol. The van der Waals surface area contributed by atoms with Gasteiger partial charge in [0.2, 0.25) is 0 Å². The average molecular weight is 423 g/mol. The molecule has 0 unspecified atom stereocenters. The minimum absolute atomic E-state index is 0. The van der Waals surface area contributed by atoms with Gasteiger partial charge >= 0.3 is 21.7 Å². The summed E-state index contributed by atoms with van der Waals surface area (Å²) in [5.41, 5.74) is 0. The summed E-state index contributed by atoms with van der Waals surface area (Å²) in [5.74, 6) is 6.62. The Morgan fingerprint density at radius 1 is 0.739 bits per heavy atom. The molecule has 0 aromatic rings. The molecule has 2 rings (SSSR count). The SMILES string of the molecule is CB1[C-]=CCN1[Si](C)(C)C.CB1[C-]=CCN1[Si](C)(C)C.[Cl-].[Cl-].[Ti+4]. The third-order valence-corrected chi connectivity index (χ3v) is 8.54. The molecule has 0 bridgehead atoms. The van der Waals surface area contributed by atoms with E-state index in [2.05, 4.69) is 86.0 Å². The van der Waals surface area contributed by atoms with Gasteiger partial charge in [-0.2, -0.15) is 0 Å². The zero-order valence-corrected chi connectivity index (χ0v) is 20.9. The Labute approximate surface area is 175 Å². The van der Waals surface area contributed by atoms with Crippen molar-refractivity contribution in [3.8, 4) is 0 Å². The van der Waals surface area contributed by atoms with E-state index in [1.165, 1.54) is 0 Å². The van der Waals surface area contributed by atoms with Crippen molar-refractivity contribution >= 4 is 30.2 Å². The van der Waals surface area contributed by atoms with E-state index >= 15 is 0 Å². The first kappa shape index (κ1) is 29.0. The molecule has 128 valence electrons. The molecule has 0 saturated carbocycles. The molecular formula is C14H30B2Cl2N2Si2Ti. The second kappa shape index (κ2) is 11.8. The Hall–Kier alpha value is 1.26. The Morgan fingerprint density at radius 3 is 1.09 bits per heavy atom. The van der Waals surface area contributed by atoms with Gasteiger partial charge < -0.3 is 45.7 Å². The minimum Gasteiger partial charge on any atom is -1.00 e. The third-order valence-electron chi connectivity index (χ3n) is 3.95. The smallest absolute Gasteiger partial charge is 1.00 e. The molecule has 0 amide bonds. The Kier molecular flexibility index (Phi) is 14.9. The summed E-state index contributed by atoms with van der Waals surface area (Å²) in [6.07, 6.45) is 4.31. The number of nitrogens with zero attached hydrogens (tertiary/aromatic N) is 2. The summed E-state index contributed by atoms with van der Waals surface area (Å²) in [6.45, 7) is 22.1. The van der Waals surface area contributed by atoms with E-state index in [1.807, 2.05) is 0 Å². The van der Waals surface area contributed by atoms with Gasteiger partial charge in [0.05, 0.1) is 0 Å². The summed E-state index contributed by atoms with van der Waals surface area (Å²) < 4.78 is 5.12. The predicted octanol–water partition coefficient (Wildman–Crippen LogP) is -2.68. The fraction of sp³-hybridized carbons (Fsp3) is 0.714. The minimum atomic E-state index is -1.05. The molecule has 0 fully saturated rings. The van der Waals surface area contributed by atoms with E-state index in [1.54, 1.807) is 0 Å². The van der Waals surface area contributed by atoms with Crippen LogP contribution in [0.2, 0.25) is 52.9 Å². The Bertz CT molecular complexity index is 352. The van der Waals surface area contributed by atoms with Gasteiger partial charge in [-0.1, -0.05) is 52.9 Å². The van der Waals surface area contributed by atoms with E-state index in [0.717, 1.165) is 13.1 Å². The zero-order valence-electron chi connectivity index (χ0n) is 15.9. The summed E-state index contributed by atoms with van der Waals surface area (Å²) in [5, 5.41) is 0. The van der Waals surface area contributed by atoms with E-state index in [9.17, 15) is 0 Å². The van der Waals surface area contributed by atoms with Gasteiger partial charge in [0.25, 0.3) is 0 Å². The predicted molar refractivity (Wildman–Crippen MR) is 99.0 cm³/mol. The van der Waals surface area contributed by atoms with E-state index < -0.39 is 16.5 Å². The first-order valence-electron chi connectivity index (χ1n) is 7.72. The molecule has 2 heterocycles. The van der Waals surface area contributed by atoms with Crippen LogP contribution < -0.4 is 24.8 Å². The normalized spacial score (nSPS) is 17.9. The molecule has 0 N–H and O–H groups in total. The van der Waals surface area contributed by atoms with Crippen LogP contribution in [0.3, 0.4) is 0 Å². The van der Waals surface area contributed by atoms with Crippen LogP contribution in [-0.4, -0.2) is 52.2 Å². The molecule has 0 aromatic carbocycles. The van der Waals surface area contributed by atoms with Crippen LogP contribution in [0.4, 0.5) is 0 Å². The maximum Gasteiger partial charge on any atom is 4.00 e. The number of rotatable bonds is 2. The van der Waals surface area contributed by atoms with Crippen LogP contribution in [-0.2, 0) is 21.7 Å². The second-order valence-electron chi connectivity index (χ2n) is 7.74. The van der Waals surface area contributed by atoms with Crippen molar-refractivity contribution in [3.05, 3.63) is 24.1 Å². The van der Waals surface area contributed by atoms with Crippen molar-refractivity contribution in [2.75, 3.05) is 13.1 Å². The molecule has 2 aliphatic heterocycles. The number of hydrogen-bond acceptors (Lipinski definition) is 2. The van der Waals surface area contributed by atoms with Crippen LogP contribution in [0.25, 0.3) is 0 Å². The zero-order chi connectivity index (χ0) is 15.6. The van der Waals surface area contributed by atoms with Crippen molar-refractivity contribution in [1.29, 1.82) is 0 Å². The van der Waals surface area contributed by atoms with Gasteiger partial charge in [-0.25, -0.2) is 0 Å². The standard InChI is InChI=1S/2C7H15BNSi.2ClH.Ti/c2*1-8-6-5-7-9(8)10(2,3)4;;;/h2*5H,7H2,1-4H3;2*1H;/q2*-1;;;+4/p-2. The molecule has 0 saturated heterocycles. The van der Waals surface area contributed by atoms with Crippen molar-refractivity contribution < 1.29 is 46.5 Å². The van der Waals surface area contributed by atoms with Crippen LogP contribution >= 0.6 is 0 Å². The molecule has 9 heteroatoms. The fourth-order valence-corrected chi connectivity index (χ4v) is 6.60. The van der Waals surface area contributed by atoms with Gasteiger partial charge in [0.1, 0.15) is 16.5 Å². The Balaban J connectivity index is -0.000000308. The molecule has 2 nitrogen and oxygen atoms in total. The summed E-state index contributed by atoms with van der Waals surface area (Å²) in [4.78, 5) is 0. The van der Waals surface area contributed by atoms with Crippen LogP contribution in [0.5, 0.6) is 0 Å². The summed E-state index contributed by atoms with van der Waals surface area (Å²) in [7, 11) is -2.10. The van der Waals surface area contributed by atoms with E-state index in [-0.39, 0.29) is 46.5 Å². The van der Waals surface area contributed by atoms with E-state index in [0.29, 0.717) is 13.7 Å². The van der Waals surface area contributed by atoms with Crippen molar-refractivity contribution in [1.82, 2.24) is 8.95 Å². The van der Waals surface area contributed by atoms with Gasteiger partial charge in [-0.15, -0.1) is 0 Å². The Morgan fingerprint density at radius 2 is 1.00 bits per heavy atom. The largest absolute Gasteiger partial charge is 4.00 e. The van der Waals surface area contributed by atoms with Crippen molar-refractivity contribution in [2.24, 2.45) is 0 Å². The van der Waals surface area contributed by atoms with Crippen LogP contribution in [0.15, 0.2) is 12.2 Å². The van der Waals surface area contributed by atoms with E-state index in [4.69, 9.17) is 0 Å². The topological polar surface area (TPSA) is 6.48 Å². The molecule has 23 heavy (non-hydrogen) atoms. The third kappa shape index (κ3) is 9.50. The molecule has 0 aromatic heterocycles. The first-order valence-corrected chi connectivity index (χ1v) is 14.6. The average Bonchev–Trinajstić information content (AvgIpc) is 2.85. The van der Waals surface area contributed by atoms with Crippen molar-refractivity contribution in [3.63, 3.8) is 0 Å². The molecule has 0 radical (unpaired) electrons. The molecule has 0 spiro atoms. The number of hydrogen-bond donors (Lipinski definition) is 0. The van der Waals surface area contributed by atoms with Gasteiger partial charge in [0, 0.05) is 13.7 Å². The van der Waals surface area contributed by atoms with Gasteiger partial charge in [0.15, 0.2) is 0 Å². The van der Waals surface area contributed by atoms with Gasteiger partial charge in [-0.05, 0) is 13.1 Å². The number of halogens is 2. The fourth-order valence-electron chi connectivity index (χ4n) is 2.85. The molecular weight excluding hydrogens is 393 g/mol. The van der Waals surface area contributed by atoms with Crippen molar-refractivity contribution in [2.45, 2.75) is 52.9 Å². The molecule has 2 aliphatic rings.